The zero-order valence-electron chi connectivity index (χ0n) is 15.0. The molecule has 0 unspecified atom stereocenters. The maximum Gasteiger partial charge on any atom is 0.284 e. The highest BCUT2D eigenvalue weighted by atomic mass is 19.1. The molecule has 1 aliphatic rings. The molecule has 27 heavy (non-hydrogen) atoms. The summed E-state index contributed by atoms with van der Waals surface area (Å²) in [6, 6.07) is 3.54. The molecule has 0 amide bonds. The van der Waals surface area contributed by atoms with Crippen LogP contribution in [0.1, 0.15) is 17.4 Å². The number of halogens is 1. The third-order valence-corrected chi connectivity index (χ3v) is 4.06. The summed E-state index contributed by atoms with van der Waals surface area (Å²) in [5.74, 6) is -1.34. The van der Waals surface area contributed by atoms with Gasteiger partial charge in [0.15, 0.2) is 17.2 Å². The van der Waals surface area contributed by atoms with Crippen LogP contribution in [-0.2, 0) is 9.47 Å². The first-order chi connectivity index (χ1) is 13.0. The molecule has 3 heterocycles. The number of methoxy groups -OCH3 is 1. The van der Waals surface area contributed by atoms with Gasteiger partial charge in [-0.15, -0.1) is 5.10 Å². The SMILES string of the molecule is C=C/C=C(C(=O)n1nc(N)c2ccc(C3=CCOC3)nc21)\C(OC)=C(/C)F. The molecule has 140 valence electrons. The number of carbonyl (C=O) groups excluding carboxylic acids is 1. The molecule has 0 saturated carbocycles. The van der Waals surface area contributed by atoms with Crippen LogP contribution in [0.15, 0.2) is 54.1 Å². The minimum atomic E-state index is -0.648. The number of pyridine rings is 1. The summed E-state index contributed by atoms with van der Waals surface area (Å²) in [6.45, 7) is 5.71. The molecule has 0 aromatic carbocycles. The summed E-state index contributed by atoms with van der Waals surface area (Å²) < 4.78 is 25.2. The van der Waals surface area contributed by atoms with Crippen LogP contribution in [0.5, 0.6) is 0 Å². The Morgan fingerprint density at radius 1 is 1.48 bits per heavy atom. The predicted octanol–water partition coefficient (Wildman–Crippen LogP) is 3.03. The summed E-state index contributed by atoms with van der Waals surface area (Å²) in [5, 5.41) is 4.61. The van der Waals surface area contributed by atoms with E-state index < -0.39 is 11.7 Å². The van der Waals surface area contributed by atoms with Gasteiger partial charge in [0.05, 0.1) is 37.0 Å². The van der Waals surface area contributed by atoms with Crippen molar-refractivity contribution in [3.05, 3.63) is 59.8 Å². The zero-order valence-corrected chi connectivity index (χ0v) is 15.0. The first kappa shape index (κ1) is 18.5. The molecule has 7 nitrogen and oxygen atoms in total. The van der Waals surface area contributed by atoms with E-state index in [1.54, 1.807) is 12.1 Å². The molecule has 2 aromatic rings. The molecule has 0 atom stereocenters. The lowest BCUT2D eigenvalue weighted by molar-refractivity contribution is 0.0936. The van der Waals surface area contributed by atoms with Gasteiger partial charge in [-0.05, 0) is 25.1 Å². The van der Waals surface area contributed by atoms with Crippen molar-refractivity contribution in [1.29, 1.82) is 0 Å². The Morgan fingerprint density at radius 3 is 2.85 bits per heavy atom. The Hall–Kier alpha value is -3.26. The molecule has 1 aliphatic heterocycles. The molecule has 2 N–H and O–H groups in total. The van der Waals surface area contributed by atoms with E-state index in [2.05, 4.69) is 16.7 Å². The average Bonchev–Trinajstić information content (AvgIpc) is 3.29. The van der Waals surface area contributed by atoms with Crippen molar-refractivity contribution in [3.63, 3.8) is 0 Å². The van der Waals surface area contributed by atoms with Gasteiger partial charge in [0.25, 0.3) is 5.91 Å². The number of allylic oxidation sites excluding steroid dienone is 4. The van der Waals surface area contributed by atoms with Gasteiger partial charge in [-0.2, -0.15) is 4.68 Å². The topological polar surface area (TPSA) is 92.3 Å². The molecule has 0 saturated heterocycles. The molecule has 0 fully saturated rings. The van der Waals surface area contributed by atoms with Crippen LogP contribution in [0.25, 0.3) is 16.6 Å². The van der Waals surface area contributed by atoms with Crippen LogP contribution < -0.4 is 5.73 Å². The second-order valence-electron chi connectivity index (χ2n) is 5.80. The van der Waals surface area contributed by atoms with Crippen molar-refractivity contribution >= 4 is 28.3 Å². The number of nitrogen functional groups attached to an aromatic ring is 1. The number of hydrogen-bond donors (Lipinski definition) is 1. The second kappa shape index (κ2) is 7.55. The highest BCUT2D eigenvalue weighted by Crippen LogP contribution is 2.26. The monoisotopic (exact) mass is 370 g/mol. The minimum Gasteiger partial charge on any atom is -0.493 e. The summed E-state index contributed by atoms with van der Waals surface area (Å²) in [4.78, 5) is 17.6. The summed E-state index contributed by atoms with van der Waals surface area (Å²) in [6.07, 6.45) is 4.64. The normalized spacial score (nSPS) is 15.5. The van der Waals surface area contributed by atoms with Gasteiger partial charge >= 0.3 is 0 Å². The number of rotatable bonds is 5. The van der Waals surface area contributed by atoms with E-state index in [9.17, 15) is 9.18 Å². The molecule has 0 spiro atoms. The minimum absolute atomic E-state index is 0.0486. The number of carbonyl (C=O) groups is 1. The fourth-order valence-corrected chi connectivity index (χ4v) is 2.82. The van der Waals surface area contributed by atoms with Gasteiger partial charge in [0, 0.05) is 5.57 Å². The molecule has 3 rings (SSSR count). The molecular formula is C19H19FN4O3. The van der Waals surface area contributed by atoms with Crippen LogP contribution in [0.4, 0.5) is 10.2 Å². The first-order valence-corrected chi connectivity index (χ1v) is 8.18. The maximum atomic E-state index is 13.8. The van der Waals surface area contributed by atoms with Gasteiger partial charge in [-0.25, -0.2) is 9.37 Å². The third kappa shape index (κ3) is 3.39. The summed E-state index contributed by atoms with van der Waals surface area (Å²) >= 11 is 0. The van der Waals surface area contributed by atoms with Gasteiger partial charge < -0.3 is 15.2 Å². The molecule has 8 heteroatoms. The lowest BCUT2D eigenvalue weighted by Gasteiger charge is -2.10. The molecule has 2 aromatic heterocycles. The van der Waals surface area contributed by atoms with E-state index >= 15 is 0 Å². The highest BCUT2D eigenvalue weighted by molar-refractivity contribution is 6.04. The van der Waals surface area contributed by atoms with Gasteiger partial charge in [-0.1, -0.05) is 18.7 Å². The molecule has 0 bridgehead atoms. The Bertz CT molecular complexity index is 1010. The fraction of sp³-hybridized carbons (Fsp3) is 0.211. The smallest absolute Gasteiger partial charge is 0.284 e. The first-order valence-electron chi connectivity index (χ1n) is 8.18. The van der Waals surface area contributed by atoms with E-state index in [0.29, 0.717) is 24.3 Å². The number of hydrogen-bond acceptors (Lipinski definition) is 6. The van der Waals surface area contributed by atoms with Crippen molar-refractivity contribution in [2.75, 3.05) is 26.1 Å². The third-order valence-electron chi connectivity index (χ3n) is 4.06. The van der Waals surface area contributed by atoms with E-state index in [4.69, 9.17) is 15.2 Å². The lowest BCUT2D eigenvalue weighted by Crippen LogP contribution is -2.18. The van der Waals surface area contributed by atoms with Crippen molar-refractivity contribution in [1.82, 2.24) is 14.8 Å². The average molecular weight is 370 g/mol. The number of fused-ring (bicyclic) bond motifs is 1. The fourth-order valence-electron chi connectivity index (χ4n) is 2.82. The van der Waals surface area contributed by atoms with Gasteiger partial charge in [0.1, 0.15) is 5.83 Å². The van der Waals surface area contributed by atoms with Gasteiger partial charge in [-0.3, -0.25) is 4.79 Å². The molecule has 0 aliphatic carbocycles. The van der Waals surface area contributed by atoms with Gasteiger partial charge in [0.2, 0.25) is 0 Å². The van der Waals surface area contributed by atoms with Crippen molar-refractivity contribution in [3.8, 4) is 0 Å². The standard InChI is InChI=1S/C19H19FN4O3/c1-4-5-13(16(26-3)11(2)20)19(25)24-18-14(17(21)23-24)6-7-15(22-18)12-8-9-27-10-12/h4-8H,1,9-10H2,2-3H3,(H2,21,23)/b13-5+,16-11-. The lowest BCUT2D eigenvalue weighted by atomic mass is 10.1. The van der Waals surface area contributed by atoms with Crippen LogP contribution in [0, 0.1) is 0 Å². The molecule has 0 radical (unpaired) electrons. The van der Waals surface area contributed by atoms with E-state index in [0.717, 1.165) is 10.3 Å². The van der Waals surface area contributed by atoms with Crippen LogP contribution in [-0.4, -0.2) is 41.0 Å². The number of nitrogens with zero attached hydrogens (tertiary/aromatic N) is 3. The van der Waals surface area contributed by atoms with Crippen LogP contribution >= 0.6 is 0 Å². The van der Waals surface area contributed by atoms with Crippen molar-refractivity contribution in [2.45, 2.75) is 6.92 Å². The summed E-state index contributed by atoms with van der Waals surface area (Å²) in [5.41, 5.74) is 7.73. The van der Waals surface area contributed by atoms with Crippen molar-refractivity contribution < 1.29 is 18.7 Å². The maximum absolute atomic E-state index is 13.8. The Morgan fingerprint density at radius 2 is 2.26 bits per heavy atom. The Balaban J connectivity index is 2.16. The second-order valence-corrected chi connectivity index (χ2v) is 5.80. The van der Waals surface area contributed by atoms with Crippen LogP contribution in [0.3, 0.4) is 0 Å². The number of aromatic nitrogens is 3. The Labute approximate surface area is 155 Å². The summed E-state index contributed by atoms with van der Waals surface area (Å²) in [7, 11) is 1.28. The predicted molar refractivity (Wildman–Crippen MR) is 100 cm³/mol. The van der Waals surface area contributed by atoms with E-state index in [1.165, 1.54) is 26.2 Å². The number of anilines is 1. The quantitative estimate of drug-likeness (QED) is 0.494. The van der Waals surface area contributed by atoms with Crippen molar-refractivity contribution in [2.24, 2.45) is 0 Å². The largest absolute Gasteiger partial charge is 0.493 e. The van der Waals surface area contributed by atoms with E-state index in [1.807, 2.05) is 6.08 Å². The molecular weight excluding hydrogens is 351 g/mol. The Kier molecular flexibility index (Phi) is 5.18. The number of nitrogens with two attached hydrogens (primary N) is 1. The highest BCUT2D eigenvalue weighted by Gasteiger charge is 2.24. The van der Waals surface area contributed by atoms with E-state index in [-0.39, 0.29) is 22.8 Å². The van der Waals surface area contributed by atoms with Crippen LogP contribution in [0.2, 0.25) is 0 Å². The zero-order chi connectivity index (χ0) is 19.6. The number of ether oxygens (including phenoxy) is 2.